The van der Waals surface area contributed by atoms with E-state index in [9.17, 15) is 9.18 Å². The molecule has 3 nitrogen and oxygen atoms in total. The second-order valence-electron chi connectivity index (χ2n) is 4.45. The lowest BCUT2D eigenvalue weighted by Gasteiger charge is -2.07. The maximum absolute atomic E-state index is 13.0. The van der Waals surface area contributed by atoms with Crippen molar-refractivity contribution in [1.29, 1.82) is 0 Å². The zero-order valence-electron chi connectivity index (χ0n) is 11.1. The summed E-state index contributed by atoms with van der Waals surface area (Å²) >= 11 is 0. The Morgan fingerprint density at radius 2 is 1.85 bits per heavy atom. The van der Waals surface area contributed by atoms with Gasteiger partial charge in [-0.15, -0.1) is 0 Å². The smallest absolute Gasteiger partial charge is 0.239 e. The Hall–Kier alpha value is -2.36. The topological polar surface area (TPSA) is 41.1 Å². The summed E-state index contributed by atoms with van der Waals surface area (Å²) < 4.78 is 13.0. The van der Waals surface area contributed by atoms with Gasteiger partial charge in [-0.05, 0) is 36.2 Å². The molecule has 0 saturated heterocycles. The van der Waals surface area contributed by atoms with Crippen LogP contribution in [-0.4, -0.2) is 19.0 Å². The van der Waals surface area contributed by atoms with Crippen LogP contribution in [0.1, 0.15) is 5.56 Å². The van der Waals surface area contributed by atoms with E-state index in [4.69, 9.17) is 0 Å². The molecule has 0 saturated carbocycles. The van der Waals surface area contributed by atoms with Crippen LogP contribution in [0.2, 0.25) is 0 Å². The Bertz CT molecular complexity index is 557. The fourth-order valence-corrected chi connectivity index (χ4v) is 1.84. The fourth-order valence-electron chi connectivity index (χ4n) is 1.84. The summed E-state index contributed by atoms with van der Waals surface area (Å²) in [5.74, 6) is -0.329. The molecule has 0 aliphatic carbocycles. The maximum atomic E-state index is 13.0. The second-order valence-corrected chi connectivity index (χ2v) is 4.45. The summed E-state index contributed by atoms with van der Waals surface area (Å²) in [6.07, 6.45) is 0.620. The quantitative estimate of drug-likeness (QED) is 0.848. The minimum atomic E-state index is -0.250. The Morgan fingerprint density at radius 1 is 1.05 bits per heavy atom. The van der Waals surface area contributed by atoms with Gasteiger partial charge in [-0.1, -0.05) is 30.3 Å². The van der Waals surface area contributed by atoms with E-state index in [0.29, 0.717) is 13.0 Å². The van der Waals surface area contributed by atoms with Crippen LogP contribution >= 0.6 is 0 Å². The third kappa shape index (κ3) is 4.72. The normalized spacial score (nSPS) is 10.1. The number of hydrogen-bond donors (Lipinski definition) is 2. The van der Waals surface area contributed by atoms with Crippen LogP contribution in [0.15, 0.2) is 54.6 Å². The van der Waals surface area contributed by atoms with Gasteiger partial charge < -0.3 is 10.6 Å². The number of amides is 1. The van der Waals surface area contributed by atoms with E-state index >= 15 is 0 Å². The predicted octanol–water partition coefficient (Wildman–Crippen LogP) is 2.60. The summed E-state index contributed by atoms with van der Waals surface area (Å²) in [4.78, 5) is 11.6. The molecule has 0 fully saturated rings. The molecule has 104 valence electrons. The molecule has 0 aliphatic heterocycles. The summed E-state index contributed by atoms with van der Waals surface area (Å²) in [6.45, 7) is 0.728. The number of anilines is 1. The third-order valence-corrected chi connectivity index (χ3v) is 2.85. The SMILES string of the molecule is O=C(CNc1ccccc1)NCCc1cccc(F)c1. The van der Waals surface area contributed by atoms with Crippen LogP contribution in [0.25, 0.3) is 0 Å². The fraction of sp³-hybridized carbons (Fsp3) is 0.188. The van der Waals surface area contributed by atoms with Gasteiger partial charge in [0.2, 0.25) is 5.91 Å². The van der Waals surface area contributed by atoms with E-state index in [1.54, 1.807) is 6.07 Å². The molecule has 0 spiro atoms. The molecule has 0 aromatic heterocycles. The van der Waals surface area contributed by atoms with Crippen molar-refractivity contribution in [1.82, 2.24) is 5.32 Å². The molecule has 2 aromatic carbocycles. The van der Waals surface area contributed by atoms with Gasteiger partial charge in [0.15, 0.2) is 0 Å². The molecule has 2 rings (SSSR count). The van der Waals surface area contributed by atoms with Crippen molar-refractivity contribution in [2.75, 3.05) is 18.4 Å². The number of para-hydroxylation sites is 1. The molecule has 0 unspecified atom stereocenters. The molecule has 1 amide bonds. The van der Waals surface area contributed by atoms with Gasteiger partial charge in [-0.2, -0.15) is 0 Å². The minimum absolute atomic E-state index is 0.0785. The lowest BCUT2D eigenvalue weighted by atomic mass is 10.1. The van der Waals surface area contributed by atoms with Gasteiger partial charge in [0.05, 0.1) is 6.54 Å². The van der Waals surface area contributed by atoms with E-state index in [2.05, 4.69) is 10.6 Å². The highest BCUT2D eigenvalue weighted by Gasteiger charge is 2.01. The van der Waals surface area contributed by atoms with Gasteiger partial charge >= 0.3 is 0 Å². The van der Waals surface area contributed by atoms with E-state index < -0.39 is 0 Å². The van der Waals surface area contributed by atoms with Crippen molar-refractivity contribution in [3.05, 3.63) is 66.0 Å². The van der Waals surface area contributed by atoms with Gasteiger partial charge in [-0.25, -0.2) is 4.39 Å². The number of nitrogens with one attached hydrogen (secondary N) is 2. The van der Waals surface area contributed by atoms with Crippen LogP contribution < -0.4 is 10.6 Å². The summed E-state index contributed by atoms with van der Waals surface area (Å²) in [5.41, 5.74) is 1.79. The zero-order valence-corrected chi connectivity index (χ0v) is 11.1. The summed E-state index contributed by atoms with van der Waals surface area (Å²) in [6, 6.07) is 15.9. The Morgan fingerprint density at radius 3 is 2.60 bits per heavy atom. The molecule has 0 aliphatic rings. The highest BCUT2D eigenvalue weighted by atomic mass is 19.1. The minimum Gasteiger partial charge on any atom is -0.376 e. The van der Waals surface area contributed by atoms with Crippen LogP contribution in [0.3, 0.4) is 0 Å². The van der Waals surface area contributed by atoms with Crippen LogP contribution in [0.5, 0.6) is 0 Å². The molecule has 2 aromatic rings. The lowest BCUT2D eigenvalue weighted by molar-refractivity contribution is -0.119. The van der Waals surface area contributed by atoms with E-state index in [1.165, 1.54) is 12.1 Å². The number of rotatable bonds is 6. The standard InChI is InChI=1S/C16H17FN2O/c17-14-6-4-5-13(11-14)9-10-18-16(20)12-19-15-7-2-1-3-8-15/h1-8,11,19H,9-10,12H2,(H,18,20). The van der Waals surface area contributed by atoms with E-state index in [1.807, 2.05) is 36.4 Å². The average Bonchev–Trinajstić information content (AvgIpc) is 2.46. The molecular formula is C16H17FN2O. The summed E-state index contributed by atoms with van der Waals surface area (Å²) in [7, 11) is 0. The van der Waals surface area contributed by atoms with Crippen LogP contribution in [0.4, 0.5) is 10.1 Å². The van der Waals surface area contributed by atoms with E-state index in [-0.39, 0.29) is 18.3 Å². The molecule has 2 N–H and O–H groups in total. The number of hydrogen-bond acceptors (Lipinski definition) is 2. The van der Waals surface area contributed by atoms with Gasteiger partial charge in [0, 0.05) is 12.2 Å². The predicted molar refractivity (Wildman–Crippen MR) is 78.0 cm³/mol. The molecule has 4 heteroatoms. The largest absolute Gasteiger partial charge is 0.376 e. The second kappa shape index (κ2) is 7.28. The monoisotopic (exact) mass is 272 g/mol. The van der Waals surface area contributed by atoms with Crippen molar-refractivity contribution in [2.45, 2.75) is 6.42 Å². The van der Waals surface area contributed by atoms with Crippen molar-refractivity contribution in [3.63, 3.8) is 0 Å². The lowest BCUT2D eigenvalue weighted by Crippen LogP contribution is -2.31. The highest BCUT2D eigenvalue weighted by Crippen LogP contribution is 2.04. The third-order valence-electron chi connectivity index (χ3n) is 2.85. The maximum Gasteiger partial charge on any atom is 0.239 e. The molecule has 0 atom stereocenters. The average molecular weight is 272 g/mol. The molecular weight excluding hydrogens is 255 g/mol. The first-order valence-corrected chi connectivity index (χ1v) is 6.54. The van der Waals surface area contributed by atoms with Crippen molar-refractivity contribution in [3.8, 4) is 0 Å². The highest BCUT2D eigenvalue weighted by molar-refractivity contribution is 5.80. The number of carbonyl (C=O) groups is 1. The zero-order chi connectivity index (χ0) is 14.2. The summed E-state index contributed by atoms with van der Waals surface area (Å²) in [5, 5.41) is 5.83. The molecule has 0 bridgehead atoms. The number of halogens is 1. The first kappa shape index (κ1) is 14.1. The molecule has 0 heterocycles. The first-order valence-electron chi connectivity index (χ1n) is 6.54. The molecule has 0 radical (unpaired) electrons. The van der Waals surface area contributed by atoms with Gasteiger partial charge in [-0.3, -0.25) is 4.79 Å². The van der Waals surface area contributed by atoms with Crippen molar-refractivity contribution < 1.29 is 9.18 Å². The van der Waals surface area contributed by atoms with Crippen molar-refractivity contribution >= 4 is 11.6 Å². The van der Waals surface area contributed by atoms with Crippen LogP contribution in [0, 0.1) is 5.82 Å². The van der Waals surface area contributed by atoms with Crippen molar-refractivity contribution in [2.24, 2.45) is 0 Å². The first-order chi connectivity index (χ1) is 9.74. The van der Waals surface area contributed by atoms with E-state index in [0.717, 1.165) is 11.3 Å². The van der Waals surface area contributed by atoms with Crippen LogP contribution in [-0.2, 0) is 11.2 Å². The number of carbonyl (C=O) groups excluding carboxylic acids is 1. The van der Waals surface area contributed by atoms with Gasteiger partial charge in [0.25, 0.3) is 0 Å². The van der Waals surface area contributed by atoms with Gasteiger partial charge in [0.1, 0.15) is 5.82 Å². The molecule has 20 heavy (non-hydrogen) atoms. The Labute approximate surface area is 117 Å². The number of benzene rings is 2. The Balaban J connectivity index is 1.68. The Kier molecular flexibility index (Phi) is 5.12.